The van der Waals surface area contributed by atoms with Crippen molar-refractivity contribution in [3.05, 3.63) is 24.3 Å². The summed E-state index contributed by atoms with van der Waals surface area (Å²) in [4.78, 5) is 47.5. The van der Waals surface area contributed by atoms with Crippen molar-refractivity contribution < 1.29 is 32.7 Å². The van der Waals surface area contributed by atoms with Gasteiger partial charge in [-0.3, -0.25) is 19.2 Å². The number of carbonyl (C=O) groups excluding carboxylic acids is 4. The van der Waals surface area contributed by atoms with Crippen LogP contribution < -0.4 is 21.3 Å². The molecule has 1 aromatic rings. The molecule has 0 unspecified atom stereocenters. The van der Waals surface area contributed by atoms with Gasteiger partial charge in [-0.1, -0.05) is 0 Å². The molecule has 4 N–H and O–H groups in total. The highest BCUT2D eigenvalue weighted by Crippen LogP contribution is 2.19. The number of rotatable bonds is 6. The summed E-state index contributed by atoms with van der Waals surface area (Å²) in [6, 6.07) is 4.05. The molecule has 1 saturated heterocycles. The van der Waals surface area contributed by atoms with Crippen molar-refractivity contribution in [2.45, 2.75) is 12.5 Å². The van der Waals surface area contributed by atoms with E-state index in [4.69, 9.17) is 10.5 Å². The summed E-state index contributed by atoms with van der Waals surface area (Å²) < 4.78 is 29.5. The standard InChI is InChI=1S/C15H16F2N4O5/c16-12(17)15(25)20-11(13(18)23)14(24)19-8-1-3-9(4-2-8)21-5-6-26-7-10(21)22/h1-4,11-12H,5-7H2,(H2,18,23)(H,19,24)(H,20,25)/t11-/m0/s1. The SMILES string of the molecule is NC(=O)[C@H](NC(=O)C(F)F)C(=O)Nc1ccc(N2CCOCC2=O)cc1. The summed E-state index contributed by atoms with van der Waals surface area (Å²) >= 11 is 0. The molecule has 0 bridgehead atoms. The van der Waals surface area contributed by atoms with Gasteiger partial charge in [-0.15, -0.1) is 0 Å². The molecule has 1 aliphatic heterocycles. The number of anilines is 2. The van der Waals surface area contributed by atoms with Crippen LogP contribution in [0.3, 0.4) is 0 Å². The van der Waals surface area contributed by atoms with Crippen molar-refractivity contribution in [1.82, 2.24) is 5.32 Å². The van der Waals surface area contributed by atoms with Gasteiger partial charge < -0.3 is 26.0 Å². The maximum absolute atomic E-state index is 12.3. The van der Waals surface area contributed by atoms with E-state index in [1.807, 2.05) is 0 Å². The fourth-order valence-corrected chi connectivity index (χ4v) is 2.20. The molecule has 1 aromatic carbocycles. The number of hydrogen-bond donors (Lipinski definition) is 3. The largest absolute Gasteiger partial charge is 0.370 e. The second kappa shape index (κ2) is 8.34. The first-order valence-electron chi connectivity index (χ1n) is 7.46. The van der Waals surface area contributed by atoms with Gasteiger partial charge >= 0.3 is 6.43 Å². The highest BCUT2D eigenvalue weighted by Gasteiger charge is 2.29. The van der Waals surface area contributed by atoms with Gasteiger partial charge in [-0.05, 0) is 24.3 Å². The minimum Gasteiger partial charge on any atom is -0.370 e. The molecule has 0 radical (unpaired) electrons. The first-order valence-corrected chi connectivity index (χ1v) is 7.46. The van der Waals surface area contributed by atoms with Crippen molar-refractivity contribution in [3.8, 4) is 0 Å². The molecule has 0 aliphatic carbocycles. The van der Waals surface area contributed by atoms with Crippen molar-refractivity contribution in [2.24, 2.45) is 5.73 Å². The lowest BCUT2D eigenvalue weighted by atomic mass is 10.2. The van der Waals surface area contributed by atoms with Gasteiger partial charge in [-0.25, -0.2) is 0 Å². The average molecular weight is 370 g/mol. The summed E-state index contributed by atoms with van der Waals surface area (Å²) in [6.07, 6.45) is -3.39. The third kappa shape index (κ3) is 4.72. The number of morpholine rings is 1. The third-order valence-corrected chi connectivity index (χ3v) is 3.46. The van der Waals surface area contributed by atoms with Crippen LogP contribution in [0.5, 0.6) is 0 Å². The van der Waals surface area contributed by atoms with Crippen molar-refractivity contribution in [3.63, 3.8) is 0 Å². The van der Waals surface area contributed by atoms with Gasteiger partial charge in [0.05, 0.1) is 6.61 Å². The highest BCUT2D eigenvalue weighted by atomic mass is 19.3. The molecule has 0 saturated carbocycles. The molecule has 4 amide bonds. The molecule has 1 heterocycles. The molecule has 1 atom stereocenters. The Morgan fingerprint density at radius 1 is 1.15 bits per heavy atom. The molecule has 0 aromatic heterocycles. The first kappa shape index (κ1) is 19.2. The Morgan fingerprint density at radius 3 is 2.35 bits per heavy atom. The number of hydrogen-bond acceptors (Lipinski definition) is 5. The van der Waals surface area contributed by atoms with Crippen LogP contribution in [0.4, 0.5) is 20.2 Å². The van der Waals surface area contributed by atoms with Crippen LogP contribution in [-0.4, -0.2) is 55.9 Å². The zero-order valence-corrected chi connectivity index (χ0v) is 13.4. The second-order valence-corrected chi connectivity index (χ2v) is 5.28. The predicted octanol–water partition coefficient (Wildman–Crippen LogP) is -0.777. The van der Waals surface area contributed by atoms with Gasteiger partial charge in [0.15, 0.2) is 6.04 Å². The van der Waals surface area contributed by atoms with Crippen LogP contribution in [-0.2, 0) is 23.9 Å². The number of benzene rings is 1. The summed E-state index contributed by atoms with van der Waals surface area (Å²) in [5.41, 5.74) is 5.76. The molecule has 1 fully saturated rings. The number of ether oxygens (including phenoxy) is 1. The smallest absolute Gasteiger partial charge is 0.315 e. The van der Waals surface area contributed by atoms with Crippen LogP contribution in [0.15, 0.2) is 24.3 Å². The van der Waals surface area contributed by atoms with E-state index in [2.05, 4.69) is 5.32 Å². The van der Waals surface area contributed by atoms with E-state index in [9.17, 15) is 28.0 Å². The Hall–Kier alpha value is -3.08. The molecule has 0 spiro atoms. The van der Waals surface area contributed by atoms with E-state index in [0.717, 1.165) is 0 Å². The molecule has 2 rings (SSSR count). The fourth-order valence-electron chi connectivity index (χ4n) is 2.20. The lowest BCUT2D eigenvalue weighted by molar-refractivity contribution is -0.138. The number of primary amides is 1. The van der Waals surface area contributed by atoms with E-state index in [1.54, 1.807) is 17.4 Å². The summed E-state index contributed by atoms with van der Waals surface area (Å²) in [5, 5.41) is 3.84. The highest BCUT2D eigenvalue weighted by molar-refractivity contribution is 6.11. The first-order chi connectivity index (χ1) is 12.3. The van der Waals surface area contributed by atoms with Crippen molar-refractivity contribution >= 4 is 35.0 Å². The van der Waals surface area contributed by atoms with Gasteiger partial charge in [-0.2, -0.15) is 8.78 Å². The van der Waals surface area contributed by atoms with E-state index in [1.165, 1.54) is 17.0 Å². The van der Waals surface area contributed by atoms with Gasteiger partial charge in [0, 0.05) is 17.9 Å². The number of alkyl halides is 2. The Morgan fingerprint density at radius 2 is 1.81 bits per heavy atom. The Kier molecular flexibility index (Phi) is 6.17. The lowest BCUT2D eigenvalue weighted by Gasteiger charge is -2.27. The lowest BCUT2D eigenvalue weighted by Crippen LogP contribution is -2.53. The molecular formula is C15H16F2N4O5. The van der Waals surface area contributed by atoms with Crippen LogP contribution in [0, 0.1) is 0 Å². The molecule has 11 heteroatoms. The number of nitrogens with zero attached hydrogens (tertiary/aromatic N) is 1. The van der Waals surface area contributed by atoms with Crippen molar-refractivity contribution in [2.75, 3.05) is 30.0 Å². The quantitative estimate of drug-likeness (QED) is 0.566. The summed E-state index contributed by atoms with van der Waals surface area (Å²) in [6.45, 7) is 0.755. The van der Waals surface area contributed by atoms with Crippen molar-refractivity contribution in [1.29, 1.82) is 0 Å². The number of amides is 4. The maximum Gasteiger partial charge on any atom is 0.315 e. The molecule has 1 aliphatic rings. The molecule has 26 heavy (non-hydrogen) atoms. The number of nitrogens with one attached hydrogen (secondary N) is 2. The zero-order valence-electron chi connectivity index (χ0n) is 13.4. The van der Waals surface area contributed by atoms with E-state index in [-0.39, 0.29) is 18.2 Å². The summed E-state index contributed by atoms with van der Waals surface area (Å²) in [7, 11) is 0. The predicted molar refractivity (Wildman–Crippen MR) is 85.4 cm³/mol. The number of nitrogens with two attached hydrogens (primary N) is 1. The van der Waals surface area contributed by atoms with Crippen LogP contribution >= 0.6 is 0 Å². The second-order valence-electron chi connectivity index (χ2n) is 5.28. The minimum absolute atomic E-state index is 0.0252. The number of halogens is 2. The Labute approximate surface area is 146 Å². The maximum atomic E-state index is 12.3. The van der Waals surface area contributed by atoms with Gasteiger partial charge in [0.25, 0.3) is 17.7 Å². The molecular weight excluding hydrogens is 354 g/mol. The average Bonchev–Trinajstić information content (AvgIpc) is 2.60. The summed E-state index contributed by atoms with van der Waals surface area (Å²) in [5.74, 6) is -4.35. The molecule has 140 valence electrons. The monoisotopic (exact) mass is 370 g/mol. The van der Waals surface area contributed by atoms with Gasteiger partial charge in [0.1, 0.15) is 6.61 Å². The fraction of sp³-hybridized carbons (Fsp3) is 0.333. The normalized spacial score (nSPS) is 15.5. The number of carbonyl (C=O) groups is 4. The zero-order chi connectivity index (χ0) is 19.3. The third-order valence-electron chi connectivity index (χ3n) is 3.46. The van der Waals surface area contributed by atoms with E-state index < -0.39 is 30.2 Å². The Bertz CT molecular complexity index is 710. The molecule has 9 nitrogen and oxygen atoms in total. The van der Waals surface area contributed by atoms with E-state index in [0.29, 0.717) is 18.8 Å². The topological polar surface area (TPSA) is 131 Å². The van der Waals surface area contributed by atoms with Crippen LogP contribution in [0.2, 0.25) is 0 Å². The van der Waals surface area contributed by atoms with Gasteiger partial charge in [0.2, 0.25) is 5.91 Å². The van der Waals surface area contributed by atoms with Crippen LogP contribution in [0.25, 0.3) is 0 Å². The van der Waals surface area contributed by atoms with Crippen LogP contribution in [0.1, 0.15) is 0 Å². The minimum atomic E-state index is -3.39. The van der Waals surface area contributed by atoms with E-state index >= 15 is 0 Å². The Balaban J connectivity index is 2.04.